The van der Waals surface area contributed by atoms with Gasteiger partial charge in [0.25, 0.3) is 5.91 Å². The first kappa shape index (κ1) is 15.2. The lowest BCUT2D eigenvalue weighted by Crippen LogP contribution is -2.45. The summed E-state index contributed by atoms with van der Waals surface area (Å²) in [7, 11) is 0. The van der Waals surface area contributed by atoms with Crippen LogP contribution >= 0.6 is 0 Å². The number of nitrogens with zero attached hydrogens (tertiary/aromatic N) is 1. The molecule has 0 aliphatic carbocycles. The van der Waals surface area contributed by atoms with E-state index in [0.717, 1.165) is 26.1 Å². The zero-order chi connectivity index (χ0) is 15.5. The van der Waals surface area contributed by atoms with Crippen molar-refractivity contribution in [1.82, 2.24) is 10.2 Å². The largest absolute Gasteiger partial charge is 0.484 e. The summed E-state index contributed by atoms with van der Waals surface area (Å²) < 4.78 is 23.8. The molecule has 2 saturated heterocycles. The standard InChI is InChI=1S/C16H21FN2O3/c1-11-7-19-8-13(6-14(19)9-21-11)18-16(20)10-22-15-4-2-12(17)3-5-15/h2-5,11,13-14H,6-10H2,1H3,(H,18,20)/t11-,13+,14-/m0/s1. The maximum Gasteiger partial charge on any atom is 0.258 e. The first-order chi connectivity index (χ1) is 10.6. The Bertz CT molecular complexity index is 523. The molecule has 2 heterocycles. The minimum atomic E-state index is -0.323. The van der Waals surface area contributed by atoms with Crippen LogP contribution in [0.3, 0.4) is 0 Å². The van der Waals surface area contributed by atoms with Crippen LogP contribution in [0.1, 0.15) is 13.3 Å². The molecule has 6 heteroatoms. The monoisotopic (exact) mass is 308 g/mol. The molecule has 2 fully saturated rings. The van der Waals surface area contributed by atoms with Crippen molar-refractivity contribution in [3.8, 4) is 5.75 Å². The Balaban J connectivity index is 1.43. The van der Waals surface area contributed by atoms with Gasteiger partial charge in [-0.15, -0.1) is 0 Å². The van der Waals surface area contributed by atoms with E-state index < -0.39 is 0 Å². The lowest BCUT2D eigenvalue weighted by Gasteiger charge is -2.33. The highest BCUT2D eigenvalue weighted by molar-refractivity contribution is 5.77. The molecule has 2 aliphatic heterocycles. The molecule has 2 aliphatic rings. The molecular formula is C16H21FN2O3. The van der Waals surface area contributed by atoms with E-state index in [1.165, 1.54) is 24.3 Å². The predicted octanol–water partition coefficient (Wildman–Crippen LogP) is 1.18. The van der Waals surface area contributed by atoms with E-state index in [2.05, 4.69) is 17.1 Å². The van der Waals surface area contributed by atoms with E-state index in [9.17, 15) is 9.18 Å². The van der Waals surface area contributed by atoms with Gasteiger partial charge in [-0.3, -0.25) is 9.69 Å². The maximum atomic E-state index is 12.8. The number of morpholine rings is 1. The van der Waals surface area contributed by atoms with Crippen LogP contribution in [-0.4, -0.2) is 55.3 Å². The topological polar surface area (TPSA) is 50.8 Å². The molecule has 0 saturated carbocycles. The minimum Gasteiger partial charge on any atom is -0.484 e. The van der Waals surface area contributed by atoms with Crippen molar-refractivity contribution >= 4 is 5.91 Å². The van der Waals surface area contributed by atoms with Crippen molar-refractivity contribution in [3.05, 3.63) is 30.1 Å². The Morgan fingerprint density at radius 2 is 2.18 bits per heavy atom. The van der Waals surface area contributed by atoms with Crippen molar-refractivity contribution in [2.24, 2.45) is 0 Å². The van der Waals surface area contributed by atoms with Crippen molar-refractivity contribution in [2.75, 3.05) is 26.3 Å². The molecule has 1 amide bonds. The summed E-state index contributed by atoms with van der Waals surface area (Å²) in [5.74, 6) is 0.0154. The van der Waals surface area contributed by atoms with E-state index >= 15 is 0 Å². The highest BCUT2D eigenvalue weighted by Gasteiger charge is 2.36. The average molecular weight is 308 g/mol. The number of nitrogens with one attached hydrogen (secondary N) is 1. The summed E-state index contributed by atoms with van der Waals surface area (Å²) in [6, 6.07) is 6.18. The number of halogens is 1. The number of amides is 1. The Morgan fingerprint density at radius 3 is 2.95 bits per heavy atom. The SMILES string of the molecule is C[C@H]1CN2C[C@H](NC(=O)COc3ccc(F)cc3)C[C@H]2CO1. The highest BCUT2D eigenvalue weighted by Crippen LogP contribution is 2.23. The number of hydrogen-bond acceptors (Lipinski definition) is 4. The Morgan fingerprint density at radius 1 is 1.41 bits per heavy atom. The average Bonchev–Trinajstić information content (AvgIpc) is 2.88. The predicted molar refractivity (Wildman–Crippen MR) is 79.2 cm³/mol. The molecule has 0 unspecified atom stereocenters. The van der Waals surface area contributed by atoms with E-state index in [-0.39, 0.29) is 30.5 Å². The summed E-state index contributed by atoms with van der Waals surface area (Å²) >= 11 is 0. The van der Waals surface area contributed by atoms with Crippen LogP contribution < -0.4 is 10.1 Å². The number of hydrogen-bond donors (Lipinski definition) is 1. The summed E-state index contributed by atoms with van der Waals surface area (Å²) in [5, 5.41) is 3.00. The van der Waals surface area contributed by atoms with Crippen LogP contribution in [0.4, 0.5) is 4.39 Å². The first-order valence-electron chi connectivity index (χ1n) is 7.63. The molecule has 1 aromatic rings. The van der Waals surface area contributed by atoms with Gasteiger partial charge in [0.2, 0.25) is 0 Å². The highest BCUT2D eigenvalue weighted by atomic mass is 19.1. The third-order valence-corrected chi connectivity index (χ3v) is 4.14. The van der Waals surface area contributed by atoms with Gasteiger partial charge in [-0.2, -0.15) is 0 Å². The lowest BCUT2D eigenvalue weighted by molar-refractivity contribution is -0.123. The second kappa shape index (κ2) is 6.62. The van der Waals surface area contributed by atoms with Crippen molar-refractivity contribution in [1.29, 1.82) is 0 Å². The van der Waals surface area contributed by atoms with Crippen LogP contribution in [0.15, 0.2) is 24.3 Å². The van der Waals surface area contributed by atoms with E-state index in [1.54, 1.807) is 0 Å². The third kappa shape index (κ3) is 3.75. The number of rotatable bonds is 4. The summed E-state index contributed by atoms with van der Waals surface area (Å²) in [4.78, 5) is 14.3. The van der Waals surface area contributed by atoms with Gasteiger partial charge in [-0.05, 0) is 37.6 Å². The minimum absolute atomic E-state index is 0.0559. The second-order valence-electron chi connectivity index (χ2n) is 5.99. The van der Waals surface area contributed by atoms with E-state index in [4.69, 9.17) is 9.47 Å². The molecule has 0 radical (unpaired) electrons. The van der Waals surface area contributed by atoms with E-state index in [1.807, 2.05) is 0 Å². The van der Waals surface area contributed by atoms with Crippen molar-refractivity contribution < 1.29 is 18.7 Å². The first-order valence-corrected chi connectivity index (χ1v) is 7.63. The molecule has 0 bridgehead atoms. The molecule has 120 valence electrons. The number of carbonyl (C=O) groups is 1. The molecule has 1 aromatic carbocycles. The van der Waals surface area contributed by atoms with E-state index in [0.29, 0.717) is 11.8 Å². The smallest absolute Gasteiger partial charge is 0.258 e. The van der Waals surface area contributed by atoms with Gasteiger partial charge < -0.3 is 14.8 Å². The Hall–Kier alpha value is -1.66. The molecule has 3 rings (SSSR count). The van der Waals surface area contributed by atoms with Crippen LogP contribution in [0.25, 0.3) is 0 Å². The van der Waals surface area contributed by atoms with Crippen LogP contribution in [0, 0.1) is 5.82 Å². The molecule has 5 nitrogen and oxygen atoms in total. The normalized spacial score (nSPS) is 28.2. The Labute approximate surface area is 129 Å². The second-order valence-corrected chi connectivity index (χ2v) is 5.99. The molecular weight excluding hydrogens is 287 g/mol. The zero-order valence-electron chi connectivity index (χ0n) is 12.6. The summed E-state index contributed by atoms with van der Waals surface area (Å²) in [6.07, 6.45) is 1.17. The fraction of sp³-hybridized carbons (Fsp3) is 0.562. The quantitative estimate of drug-likeness (QED) is 0.907. The summed E-state index contributed by atoms with van der Waals surface area (Å²) in [5.41, 5.74) is 0. The van der Waals surface area contributed by atoms with Gasteiger partial charge in [0, 0.05) is 25.2 Å². The van der Waals surface area contributed by atoms with Crippen molar-refractivity contribution in [2.45, 2.75) is 31.5 Å². The van der Waals surface area contributed by atoms with Gasteiger partial charge in [0.1, 0.15) is 11.6 Å². The third-order valence-electron chi connectivity index (χ3n) is 4.14. The number of carbonyl (C=O) groups excluding carboxylic acids is 1. The van der Waals surface area contributed by atoms with Crippen LogP contribution in [0.5, 0.6) is 5.75 Å². The molecule has 3 atom stereocenters. The van der Waals surface area contributed by atoms with Gasteiger partial charge in [-0.25, -0.2) is 4.39 Å². The number of fused-ring (bicyclic) bond motifs is 1. The molecule has 0 aromatic heterocycles. The van der Waals surface area contributed by atoms with Crippen LogP contribution in [0.2, 0.25) is 0 Å². The fourth-order valence-corrected chi connectivity index (χ4v) is 3.09. The van der Waals surface area contributed by atoms with Gasteiger partial charge in [-0.1, -0.05) is 0 Å². The number of benzene rings is 1. The van der Waals surface area contributed by atoms with Crippen LogP contribution in [-0.2, 0) is 9.53 Å². The molecule has 1 N–H and O–H groups in total. The van der Waals surface area contributed by atoms with Gasteiger partial charge in [0.15, 0.2) is 6.61 Å². The van der Waals surface area contributed by atoms with Gasteiger partial charge in [0.05, 0.1) is 12.7 Å². The summed E-state index contributed by atoms with van der Waals surface area (Å²) in [6.45, 7) is 4.53. The zero-order valence-corrected chi connectivity index (χ0v) is 12.6. The molecule has 0 spiro atoms. The van der Waals surface area contributed by atoms with Crippen molar-refractivity contribution in [3.63, 3.8) is 0 Å². The fourth-order valence-electron chi connectivity index (χ4n) is 3.09. The number of ether oxygens (including phenoxy) is 2. The molecule has 22 heavy (non-hydrogen) atoms. The maximum absolute atomic E-state index is 12.8. The lowest BCUT2D eigenvalue weighted by atomic mass is 10.1. The Kier molecular flexibility index (Phi) is 4.59. The van der Waals surface area contributed by atoms with Gasteiger partial charge >= 0.3 is 0 Å².